The Kier molecular flexibility index (Phi) is 5.72. The van der Waals surface area contributed by atoms with E-state index in [1.165, 1.54) is 25.0 Å². The Labute approximate surface area is 152 Å². The molecule has 7 nitrogen and oxygen atoms in total. The Bertz CT molecular complexity index is 825. The third kappa shape index (κ3) is 4.81. The number of aromatic nitrogens is 2. The third-order valence-corrected chi connectivity index (χ3v) is 5.63. The molecule has 0 bridgehead atoms. The van der Waals surface area contributed by atoms with E-state index in [1.54, 1.807) is 18.3 Å². The molecule has 0 unspecified atom stereocenters. The first-order valence-corrected chi connectivity index (χ1v) is 9.97. The van der Waals surface area contributed by atoms with E-state index in [4.69, 9.17) is 11.6 Å². The van der Waals surface area contributed by atoms with Gasteiger partial charge in [-0.05, 0) is 31.0 Å². The Morgan fingerprint density at radius 1 is 1.16 bits per heavy atom. The van der Waals surface area contributed by atoms with Crippen LogP contribution in [0.15, 0.2) is 41.4 Å². The fourth-order valence-electron chi connectivity index (χ4n) is 2.68. The molecule has 1 aliphatic heterocycles. The average molecular weight is 382 g/mol. The van der Waals surface area contributed by atoms with E-state index in [0.29, 0.717) is 17.4 Å². The first-order chi connectivity index (χ1) is 12.0. The number of nitrogens with zero attached hydrogens (tertiary/aromatic N) is 3. The van der Waals surface area contributed by atoms with Crippen molar-refractivity contribution in [3.05, 3.63) is 41.6 Å². The highest BCUT2D eigenvalue weighted by molar-refractivity contribution is 7.89. The standard InChI is InChI=1S/C16H20ClN5O2S/c17-13-4-3-5-15(10-13)25(23,24)20-7-6-18-16-11-14(12-19-21-16)22-8-1-2-9-22/h3-5,10-12,20H,1-2,6-9H2,(H,18,21). The lowest BCUT2D eigenvalue weighted by molar-refractivity contribution is 0.583. The van der Waals surface area contributed by atoms with Crippen molar-refractivity contribution in [3.63, 3.8) is 0 Å². The molecule has 9 heteroatoms. The molecular formula is C16H20ClN5O2S. The second-order valence-corrected chi connectivity index (χ2v) is 7.98. The predicted molar refractivity (Wildman–Crippen MR) is 98.6 cm³/mol. The topological polar surface area (TPSA) is 87.2 Å². The largest absolute Gasteiger partial charge is 0.370 e. The van der Waals surface area contributed by atoms with Gasteiger partial charge in [-0.1, -0.05) is 17.7 Å². The number of anilines is 2. The van der Waals surface area contributed by atoms with Crippen LogP contribution < -0.4 is 14.9 Å². The molecule has 0 aliphatic carbocycles. The van der Waals surface area contributed by atoms with Crippen molar-refractivity contribution in [2.75, 3.05) is 36.4 Å². The minimum atomic E-state index is -3.58. The van der Waals surface area contributed by atoms with Gasteiger partial charge in [0.2, 0.25) is 10.0 Å². The number of sulfonamides is 1. The van der Waals surface area contributed by atoms with E-state index in [9.17, 15) is 8.42 Å². The third-order valence-electron chi connectivity index (χ3n) is 3.94. The van der Waals surface area contributed by atoms with E-state index in [1.807, 2.05) is 6.07 Å². The number of nitrogens with one attached hydrogen (secondary N) is 2. The summed E-state index contributed by atoms with van der Waals surface area (Å²) in [5.41, 5.74) is 1.04. The lowest BCUT2D eigenvalue weighted by Gasteiger charge is -2.17. The Morgan fingerprint density at radius 3 is 2.72 bits per heavy atom. The highest BCUT2D eigenvalue weighted by Gasteiger charge is 2.14. The molecule has 0 spiro atoms. The van der Waals surface area contributed by atoms with Crippen LogP contribution >= 0.6 is 11.6 Å². The SMILES string of the molecule is O=S(=O)(NCCNc1cc(N2CCCC2)cnn1)c1cccc(Cl)c1. The molecule has 2 aromatic rings. The summed E-state index contributed by atoms with van der Waals surface area (Å²) < 4.78 is 26.9. The van der Waals surface area contributed by atoms with Crippen molar-refractivity contribution in [3.8, 4) is 0 Å². The highest BCUT2D eigenvalue weighted by atomic mass is 35.5. The summed E-state index contributed by atoms with van der Waals surface area (Å²) in [4.78, 5) is 2.41. The minimum Gasteiger partial charge on any atom is -0.370 e. The maximum atomic E-state index is 12.2. The maximum Gasteiger partial charge on any atom is 0.240 e. The van der Waals surface area contributed by atoms with Gasteiger partial charge in [0.05, 0.1) is 16.8 Å². The summed E-state index contributed by atoms with van der Waals surface area (Å²) in [6.07, 6.45) is 4.13. The monoisotopic (exact) mass is 381 g/mol. The van der Waals surface area contributed by atoms with Crippen LogP contribution in [0, 0.1) is 0 Å². The number of benzene rings is 1. The molecule has 1 aromatic carbocycles. The van der Waals surface area contributed by atoms with E-state index < -0.39 is 10.0 Å². The Hall–Kier alpha value is -1.90. The second kappa shape index (κ2) is 7.99. The van der Waals surface area contributed by atoms with Gasteiger partial charge < -0.3 is 10.2 Å². The van der Waals surface area contributed by atoms with Gasteiger partial charge in [0.15, 0.2) is 5.82 Å². The highest BCUT2D eigenvalue weighted by Crippen LogP contribution is 2.20. The van der Waals surface area contributed by atoms with Gasteiger partial charge in [0.1, 0.15) is 0 Å². The van der Waals surface area contributed by atoms with Crippen LogP contribution in [0.2, 0.25) is 5.02 Å². The molecule has 0 radical (unpaired) electrons. The molecule has 0 atom stereocenters. The van der Waals surface area contributed by atoms with Crippen LogP contribution in [0.5, 0.6) is 0 Å². The van der Waals surface area contributed by atoms with E-state index >= 15 is 0 Å². The van der Waals surface area contributed by atoms with Crippen molar-refractivity contribution in [2.45, 2.75) is 17.7 Å². The molecular weight excluding hydrogens is 362 g/mol. The van der Waals surface area contributed by atoms with E-state index in [-0.39, 0.29) is 11.4 Å². The summed E-state index contributed by atoms with van der Waals surface area (Å²) in [7, 11) is -3.58. The van der Waals surface area contributed by atoms with Crippen LogP contribution in [0.3, 0.4) is 0 Å². The molecule has 1 aliphatic rings. The lowest BCUT2D eigenvalue weighted by Crippen LogP contribution is -2.29. The van der Waals surface area contributed by atoms with E-state index in [0.717, 1.165) is 18.8 Å². The van der Waals surface area contributed by atoms with Crippen molar-refractivity contribution in [2.24, 2.45) is 0 Å². The van der Waals surface area contributed by atoms with Crippen molar-refractivity contribution < 1.29 is 8.42 Å². The summed E-state index contributed by atoms with van der Waals surface area (Å²) in [6, 6.07) is 8.10. The van der Waals surface area contributed by atoms with Crippen LogP contribution in [-0.4, -0.2) is 44.8 Å². The van der Waals surface area contributed by atoms with Crippen LogP contribution in [0.25, 0.3) is 0 Å². The van der Waals surface area contributed by atoms with Gasteiger partial charge in [-0.15, -0.1) is 5.10 Å². The molecule has 1 aromatic heterocycles. The van der Waals surface area contributed by atoms with Gasteiger partial charge in [0.25, 0.3) is 0 Å². The smallest absolute Gasteiger partial charge is 0.240 e. The average Bonchev–Trinajstić information content (AvgIpc) is 3.14. The Morgan fingerprint density at radius 2 is 1.96 bits per heavy atom. The van der Waals surface area contributed by atoms with E-state index in [2.05, 4.69) is 25.1 Å². The van der Waals surface area contributed by atoms with Gasteiger partial charge in [-0.3, -0.25) is 0 Å². The zero-order valence-electron chi connectivity index (χ0n) is 13.7. The second-order valence-electron chi connectivity index (χ2n) is 5.78. The first-order valence-electron chi connectivity index (χ1n) is 8.11. The molecule has 1 fully saturated rings. The first kappa shape index (κ1) is 17.9. The minimum absolute atomic E-state index is 0.149. The number of hydrogen-bond donors (Lipinski definition) is 2. The van der Waals surface area contributed by atoms with Crippen LogP contribution in [0.1, 0.15) is 12.8 Å². The predicted octanol–water partition coefficient (Wildman–Crippen LogP) is 2.12. The summed E-state index contributed by atoms with van der Waals surface area (Å²) >= 11 is 5.84. The summed E-state index contributed by atoms with van der Waals surface area (Å²) in [6.45, 7) is 2.69. The maximum absolute atomic E-state index is 12.2. The zero-order chi connectivity index (χ0) is 17.7. The van der Waals surface area contributed by atoms with Gasteiger partial charge in [-0.2, -0.15) is 5.10 Å². The normalized spacial score (nSPS) is 14.7. The van der Waals surface area contributed by atoms with Crippen LogP contribution in [0.4, 0.5) is 11.5 Å². The van der Waals surface area contributed by atoms with Crippen molar-refractivity contribution in [1.82, 2.24) is 14.9 Å². The number of rotatable bonds is 7. The molecule has 2 N–H and O–H groups in total. The van der Waals surface area contributed by atoms with Gasteiger partial charge >= 0.3 is 0 Å². The molecule has 3 rings (SSSR count). The summed E-state index contributed by atoms with van der Waals surface area (Å²) in [5, 5.41) is 11.5. The zero-order valence-corrected chi connectivity index (χ0v) is 15.2. The molecule has 2 heterocycles. The summed E-state index contributed by atoms with van der Waals surface area (Å²) in [5.74, 6) is 0.631. The van der Waals surface area contributed by atoms with Crippen molar-refractivity contribution >= 4 is 33.1 Å². The molecule has 134 valence electrons. The Balaban J connectivity index is 1.52. The number of hydrogen-bond acceptors (Lipinski definition) is 6. The van der Waals surface area contributed by atoms with Crippen LogP contribution in [-0.2, 0) is 10.0 Å². The fourth-order valence-corrected chi connectivity index (χ4v) is 4.02. The fraction of sp³-hybridized carbons (Fsp3) is 0.375. The molecule has 0 saturated carbocycles. The lowest BCUT2D eigenvalue weighted by atomic mass is 10.4. The molecule has 25 heavy (non-hydrogen) atoms. The quantitative estimate of drug-likeness (QED) is 0.714. The molecule has 1 saturated heterocycles. The van der Waals surface area contributed by atoms with Crippen molar-refractivity contribution in [1.29, 1.82) is 0 Å². The van der Waals surface area contributed by atoms with Gasteiger partial charge in [-0.25, -0.2) is 13.1 Å². The molecule has 0 amide bonds. The van der Waals surface area contributed by atoms with Gasteiger partial charge in [0, 0.05) is 37.3 Å². The number of halogens is 1.